The number of nitrogens with zero attached hydrogens (tertiary/aromatic N) is 3. The van der Waals surface area contributed by atoms with Gasteiger partial charge in [0.05, 0.1) is 11.3 Å². The lowest BCUT2D eigenvalue weighted by Gasteiger charge is -2.16. The monoisotopic (exact) mass is 473 g/mol. The predicted octanol–water partition coefficient (Wildman–Crippen LogP) is 6.81. The summed E-state index contributed by atoms with van der Waals surface area (Å²) in [6.45, 7) is 5.87. The van der Waals surface area contributed by atoms with Gasteiger partial charge in [-0.2, -0.15) is 0 Å². The zero-order chi connectivity index (χ0) is 24.1. The van der Waals surface area contributed by atoms with Crippen molar-refractivity contribution in [3.63, 3.8) is 0 Å². The van der Waals surface area contributed by atoms with Gasteiger partial charge in [-0.3, -0.25) is 0 Å². The fourth-order valence-corrected chi connectivity index (χ4v) is 3.57. The van der Waals surface area contributed by atoms with Crippen LogP contribution in [0.4, 0.5) is 16.2 Å². The molecule has 0 fully saturated rings. The maximum absolute atomic E-state index is 12.5. The fraction of sp³-hybridized carbons (Fsp3) is 0.154. The summed E-state index contributed by atoms with van der Waals surface area (Å²) in [6.07, 6.45) is 4.16. The number of urea groups is 1. The summed E-state index contributed by atoms with van der Waals surface area (Å²) in [5.74, 6) is 1.85. The third kappa shape index (κ3) is 5.32. The van der Waals surface area contributed by atoms with Crippen molar-refractivity contribution in [2.24, 2.45) is 0 Å². The van der Waals surface area contributed by atoms with E-state index in [0.29, 0.717) is 28.0 Å². The van der Waals surface area contributed by atoms with Crippen molar-refractivity contribution in [1.29, 1.82) is 0 Å². The number of nitrogens with one attached hydrogen (secondary N) is 2. The van der Waals surface area contributed by atoms with Gasteiger partial charge in [-0.15, -0.1) is 0 Å². The van der Waals surface area contributed by atoms with Gasteiger partial charge in [0.2, 0.25) is 5.88 Å². The number of amides is 2. The Labute approximate surface area is 203 Å². The van der Waals surface area contributed by atoms with Crippen molar-refractivity contribution < 1.29 is 9.53 Å². The molecule has 0 saturated carbocycles. The highest BCUT2D eigenvalue weighted by atomic mass is 35.5. The van der Waals surface area contributed by atoms with Crippen molar-refractivity contribution >= 4 is 29.0 Å². The van der Waals surface area contributed by atoms with Crippen molar-refractivity contribution in [2.45, 2.75) is 27.2 Å². The summed E-state index contributed by atoms with van der Waals surface area (Å²) in [5, 5.41) is 6.21. The molecule has 4 rings (SSSR count). The highest BCUT2D eigenvalue weighted by Gasteiger charge is 2.15. The number of aryl methyl sites for hydroxylation is 1. The minimum atomic E-state index is -0.360. The molecule has 2 N–H and O–H groups in total. The van der Waals surface area contributed by atoms with Crippen LogP contribution in [-0.2, 0) is 6.42 Å². The van der Waals surface area contributed by atoms with Gasteiger partial charge in [0.25, 0.3) is 0 Å². The van der Waals surface area contributed by atoms with Crippen LogP contribution in [0.1, 0.15) is 23.9 Å². The standard InChI is InChI=1S/C26H24ClN5O2/c1-4-24-28-14-12-22(31-24)20-9-6-13-29-25(20)34-23-11-10-21(16(2)17(23)3)32-26(33)30-19-8-5-7-18(27)15-19/h5-15H,4H2,1-3H3,(H2,30,32,33). The van der Waals surface area contributed by atoms with Crippen molar-refractivity contribution in [2.75, 3.05) is 10.6 Å². The van der Waals surface area contributed by atoms with E-state index in [4.69, 9.17) is 16.3 Å². The minimum absolute atomic E-state index is 0.360. The van der Waals surface area contributed by atoms with Crippen LogP contribution in [0, 0.1) is 13.8 Å². The number of benzene rings is 2. The number of rotatable bonds is 6. The zero-order valence-electron chi connectivity index (χ0n) is 19.1. The minimum Gasteiger partial charge on any atom is -0.438 e. The molecule has 4 aromatic rings. The van der Waals surface area contributed by atoms with Gasteiger partial charge in [0, 0.05) is 35.2 Å². The SMILES string of the molecule is CCc1nccc(-c2cccnc2Oc2ccc(NC(=O)Nc3cccc(Cl)c3)c(C)c2C)n1. The third-order valence-corrected chi connectivity index (χ3v) is 5.58. The molecule has 0 radical (unpaired) electrons. The molecule has 2 aromatic heterocycles. The van der Waals surface area contributed by atoms with Gasteiger partial charge in [0.1, 0.15) is 11.6 Å². The Bertz CT molecular complexity index is 1340. The number of hydrogen-bond donors (Lipinski definition) is 2. The van der Waals surface area contributed by atoms with E-state index in [1.165, 1.54) is 0 Å². The Balaban J connectivity index is 1.55. The molecular formula is C26H24ClN5O2. The molecule has 2 aromatic carbocycles. The molecule has 0 atom stereocenters. The van der Waals surface area contributed by atoms with E-state index in [-0.39, 0.29) is 6.03 Å². The average molecular weight is 474 g/mol. The molecule has 34 heavy (non-hydrogen) atoms. The van der Waals surface area contributed by atoms with Crippen LogP contribution in [0.3, 0.4) is 0 Å². The molecule has 0 aliphatic heterocycles. The summed E-state index contributed by atoms with van der Waals surface area (Å²) in [7, 11) is 0. The number of carbonyl (C=O) groups excluding carboxylic acids is 1. The fourth-order valence-electron chi connectivity index (χ4n) is 3.38. The van der Waals surface area contributed by atoms with Crippen LogP contribution in [-0.4, -0.2) is 21.0 Å². The second kappa shape index (κ2) is 10.3. The number of anilines is 2. The first kappa shape index (κ1) is 23.2. The normalized spacial score (nSPS) is 10.6. The molecular weight excluding hydrogens is 450 g/mol. The van der Waals surface area contributed by atoms with Crippen LogP contribution >= 0.6 is 11.6 Å². The number of aromatic nitrogens is 3. The van der Waals surface area contributed by atoms with Gasteiger partial charge < -0.3 is 15.4 Å². The maximum Gasteiger partial charge on any atom is 0.323 e. The molecule has 7 nitrogen and oxygen atoms in total. The summed E-state index contributed by atoms with van der Waals surface area (Å²) < 4.78 is 6.20. The summed E-state index contributed by atoms with van der Waals surface area (Å²) in [5.41, 5.74) is 4.58. The summed E-state index contributed by atoms with van der Waals surface area (Å²) in [4.78, 5) is 25.8. The lowest BCUT2D eigenvalue weighted by Crippen LogP contribution is -2.20. The van der Waals surface area contributed by atoms with Crippen LogP contribution in [0.2, 0.25) is 5.02 Å². The van der Waals surface area contributed by atoms with E-state index in [2.05, 4.69) is 25.6 Å². The second-order valence-corrected chi connectivity index (χ2v) is 8.06. The molecule has 0 spiro atoms. The van der Waals surface area contributed by atoms with Crippen molar-refractivity contribution in [3.05, 3.63) is 89.0 Å². The highest BCUT2D eigenvalue weighted by Crippen LogP contribution is 2.34. The Morgan fingerprint density at radius 3 is 2.62 bits per heavy atom. The number of carbonyl (C=O) groups is 1. The van der Waals surface area contributed by atoms with E-state index in [1.54, 1.807) is 42.7 Å². The molecule has 0 aliphatic carbocycles. The van der Waals surface area contributed by atoms with Gasteiger partial charge >= 0.3 is 6.03 Å². The molecule has 2 heterocycles. The molecule has 0 aliphatic rings. The Morgan fingerprint density at radius 2 is 1.82 bits per heavy atom. The zero-order valence-corrected chi connectivity index (χ0v) is 19.8. The van der Waals surface area contributed by atoms with Crippen molar-refractivity contribution in [3.8, 4) is 22.9 Å². The Hall–Kier alpha value is -3.97. The molecule has 2 amide bonds. The second-order valence-electron chi connectivity index (χ2n) is 7.62. The first-order valence-corrected chi connectivity index (χ1v) is 11.2. The van der Waals surface area contributed by atoms with Gasteiger partial charge in [0.15, 0.2) is 0 Å². The van der Waals surface area contributed by atoms with E-state index in [1.807, 2.05) is 45.0 Å². The van der Waals surface area contributed by atoms with E-state index in [0.717, 1.165) is 34.6 Å². The lowest BCUT2D eigenvalue weighted by atomic mass is 10.1. The van der Waals surface area contributed by atoms with Crippen LogP contribution in [0.25, 0.3) is 11.3 Å². The van der Waals surface area contributed by atoms with E-state index >= 15 is 0 Å². The smallest absolute Gasteiger partial charge is 0.323 e. The van der Waals surface area contributed by atoms with Crippen molar-refractivity contribution in [1.82, 2.24) is 15.0 Å². The number of ether oxygens (including phenoxy) is 1. The lowest BCUT2D eigenvalue weighted by molar-refractivity contribution is 0.262. The predicted molar refractivity (Wildman–Crippen MR) is 135 cm³/mol. The molecule has 0 unspecified atom stereocenters. The van der Waals surface area contributed by atoms with E-state index in [9.17, 15) is 4.79 Å². The van der Waals surface area contributed by atoms with Gasteiger partial charge in [-0.25, -0.2) is 19.7 Å². The van der Waals surface area contributed by atoms with E-state index < -0.39 is 0 Å². The Kier molecular flexibility index (Phi) is 7.04. The summed E-state index contributed by atoms with van der Waals surface area (Å²) >= 11 is 5.99. The molecule has 0 bridgehead atoms. The van der Waals surface area contributed by atoms with Crippen LogP contribution < -0.4 is 15.4 Å². The molecule has 8 heteroatoms. The van der Waals surface area contributed by atoms with Crippen LogP contribution in [0.5, 0.6) is 11.6 Å². The first-order chi connectivity index (χ1) is 16.4. The Morgan fingerprint density at radius 1 is 0.971 bits per heavy atom. The highest BCUT2D eigenvalue weighted by molar-refractivity contribution is 6.30. The number of hydrogen-bond acceptors (Lipinski definition) is 5. The number of halogens is 1. The largest absolute Gasteiger partial charge is 0.438 e. The number of pyridine rings is 1. The molecule has 172 valence electrons. The maximum atomic E-state index is 12.5. The molecule has 0 saturated heterocycles. The summed E-state index contributed by atoms with van der Waals surface area (Å²) in [6, 6.07) is 15.8. The first-order valence-electron chi connectivity index (χ1n) is 10.8. The van der Waals surface area contributed by atoms with Gasteiger partial charge in [-0.05, 0) is 73.5 Å². The average Bonchev–Trinajstić information content (AvgIpc) is 2.84. The van der Waals surface area contributed by atoms with Crippen LogP contribution in [0.15, 0.2) is 67.0 Å². The quantitative estimate of drug-likeness (QED) is 0.321. The van der Waals surface area contributed by atoms with Gasteiger partial charge in [-0.1, -0.05) is 24.6 Å². The third-order valence-electron chi connectivity index (χ3n) is 5.34. The topological polar surface area (TPSA) is 89.0 Å².